The Balaban J connectivity index is 1.61. The second-order valence-electron chi connectivity index (χ2n) is 6.95. The molecule has 0 N–H and O–H groups in total. The first kappa shape index (κ1) is 16.2. The van der Waals surface area contributed by atoms with Crippen LogP contribution in [0.1, 0.15) is 24.5 Å². The van der Waals surface area contributed by atoms with Crippen LogP contribution in [-0.2, 0) is 13.1 Å². The van der Waals surface area contributed by atoms with Crippen molar-refractivity contribution in [2.45, 2.75) is 32.5 Å². The van der Waals surface area contributed by atoms with Gasteiger partial charge in [0.25, 0.3) is 0 Å². The molecule has 2 aromatic rings. The molecule has 0 aliphatic carbocycles. The number of rotatable bonds is 5. The number of nitrogens with zero attached hydrogens (tertiary/aromatic N) is 2. The van der Waals surface area contributed by atoms with E-state index in [1.807, 2.05) is 0 Å². The summed E-state index contributed by atoms with van der Waals surface area (Å²) in [7, 11) is 2.28. The van der Waals surface area contributed by atoms with Crippen LogP contribution in [0.15, 0.2) is 60.7 Å². The Bertz CT molecular complexity index is 581. The van der Waals surface area contributed by atoms with E-state index in [0.717, 1.165) is 19.0 Å². The van der Waals surface area contributed by atoms with Crippen molar-refractivity contribution in [3.8, 4) is 0 Å². The van der Waals surface area contributed by atoms with Gasteiger partial charge in [0.05, 0.1) is 0 Å². The van der Waals surface area contributed by atoms with Crippen molar-refractivity contribution >= 4 is 0 Å². The molecule has 23 heavy (non-hydrogen) atoms. The molecule has 0 unspecified atom stereocenters. The number of benzene rings is 2. The largest absolute Gasteiger partial charge is 0.298 e. The minimum Gasteiger partial charge on any atom is -0.298 e. The number of likely N-dealkylation sites (N-methyl/N-ethyl adjacent to an activating group) is 1. The topological polar surface area (TPSA) is 6.48 Å². The predicted molar refractivity (Wildman–Crippen MR) is 97.2 cm³/mol. The lowest BCUT2D eigenvalue weighted by Crippen LogP contribution is -2.50. The highest BCUT2D eigenvalue weighted by Crippen LogP contribution is 2.23. The number of likely N-dealkylation sites (tertiary alicyclic amines) is 1. The fourth-order valence-electron chi connectivity index (χ4n) is 3.66. The number of piperidine rings is 1. The van der Waals surface area contributed by atoms with Gasteiger partial charge in [-0.2, -0.15) is 0 Å². The summed E-state index contributed by atoms with van der Waals surface area (Å²) in [5.74, 6) is 0.760. The molecule has 1 fully saturated rings. The van der Waals surface area contributed by atoms with E-state index in [4.69, 9.17) is 0 Å². The molecule has 0 bridgehead atoms. The van der Waals surface area contributed by atoms with Gasteiger partial charge in [-0.15, -0.1) is 0 Å². The molecule has 2 aromatic carbocycles. The first-order chi connectivity index (χ1) is 11.2. The quantitative estimate of drug-likeness (QED) is 0.823. The molecular formula is C21H28N2. The minimum absolute atomic E-state index is 0.632. The Morgan fingerprint density at radius 2 is 1.57 bits per heavy atom. The molecule has 2 atom stereocenters. The lowest BCUT2D eigenvalue weighted by molar-refractivity contribution is 0.0671. The van der Waals surface area contributed by atoms with Gasteiger partial charge >= 0.3 is 0 Å². The Kier molecular flexibility index (Phi) is 5.47. The van der Waals surface area contributed by atoms with E-state index in [1.54, 1.807) is 0 Å². The van der Waals surface area contributed by atoms with Gasteiger partial charge in [0.15, 0.2) is 0 Å². The Morgan fingerprint density at radius 1 is 0.957 bits per heavy atom. The summed E-state index contributed by atoms with van der Waals surface area (Å²) in [4.78, 5) is 5.15. The highest BCUT2D eigenvalue weighted by atomic mass is 15.2. The number of hydrogen-bond acceptors (Lipinski definition) is 2. The Hall–Kier alpha value is -1.64. The zero-order chi connectivity index (χ0) is 16.1. The zero-order valence-electron chi connectivity index (χ0n) is 14.4. The van der Waals surface area contributed by atoms with Gasteiger partial charge in [0.2, 0.25) is 0 Å². The lowest BCUT2D eigenvalue weighted by Gasteiger charge is -2.42. The molecule has 0 amide bonds. The number of hydrogen-bond donors (Lipinski definition) is 0. The molecule has 2 nitrogen and oxygen atoms in total. The summed E-state index contributed by atoms with van der Waals surface area (Å²) in [5.41, 5.74) is 2.83. The molecule has 0 spiro atoms. The lowest BCUT2D eigenvalue weighted by atomic mass is 9.91. The maximum absolute atomic E-state index is 2.61. The fraction of sp³-hybridized carbons (Fsp3) is 0.429. The van der Waals surface area contributed by atoms with Crippen LogP contribution in [-0.4, -0.2) is 36.0 Å². The van der Waals surface area contributed by atoms with Crippen molar-refractivity contribution in [1.82, 2.24) is 9.80 Å². The van der Waals surface area contributed by atoms with Gasteiger partial charge in [-0.3, -0.25) is 9.80 Å². The third-order valence-corrected chi connectivity index (χ3v) is 5.09. The Morgan fingerprint density at radius 3 is 2.22 bits per heavy atom. The van der Waals surface area contributed by atoms with E-state index in [2.05, 4.69) is 84.4 Å². The highest BCUT2D eigenvalue weighted by Gasteiger charge is 2.29. The Labute approximate surface area is 140 Å². The van der Waals surface area contributed by atoms with Crippen molar-refractivity contribution in [2.75, 3.05) is 20.1 Å². The van der Waals surface area contributed by atoms with Crippen LogP contribution in [0.3, 0.4) is 0 Å². The van der Waals surface area contributed by atoms with E-state index in [1.165, 1.54) is 30.6 Å². The predicted octanol–water partition coefficient (Wildman–Crippen LogP) is 4.03. The average Bonchev–Trinajstić information content (AvgIpc) is 2.58. The maximum Gasteiger partial charge on any atom is 0.0249 e. The van der Waals surface area contributed by atoms with E-state index in [9.17, 15) is 0 Å². The molecule has 1 heterocycles. The van der Waals surface area contributed by atoms with E-state index in [0.29, 0.717) is 6.04 Å². The zero-order valence-corrected chi connectivity index (χ0v) is 14.4. The average molecular weight is 308 g/mol. The second kappa shape index (κ2) is 7.76. The molecule has 0 saturated carbocycles. The van der Waals surface area contributed by atoms with E-state index < -0.39 is 0 Å². The highest BCUT2D eigenvalue weighted by molar-refractivity contribution is 5.15. The molecule has 1 saturated heterocycles. The molecule has 3 rings (SSSR count). The molecule has 1 aliphatic rings. The normalized spacial score (nSPS) is 22.4. The smallest absolute Gasteiger partial charge is 0.0249 e. The third kappa shape index (κ3) is 4.43. The second-order valence-corrected chi connectivity index (χ2v) is 6.95. The van der Waals surface area contributed by atoms with Gasteiger partial charge in [0.1, 0.15) is 0 Å². The third-order valence-electron chi connectivity index (χ3n) is 5.09. The monoisotopic (exact) mass is 308 g/mol. The van der Waals surface area contributed by atoms with E-state index >= 15 is 0 Å². The van der Waals surface area contributed by atoms with Crippen molar-refractivity contribution in [3.63, 3.8) is 0 Å². The summed E-state index contributed by atoms with van der Waals surface area (Å²) in [6.45, 7) is 6.90. The summed E-state index contributed by atoms with van der Waals surface area (Å²) >= 11 is 0. The van der Waals surface area contributed by atoms with Crippen molar-refractivity contribution in [1.29, 1.82) is 0 Å². The summed E-state index contributed by atoms with van der Waals surface area (Å²) in [6.07, 6.45) is 1.29. The van der Waals surface area contributed by atoms with Crippen LogP contribution in [0.4, 0.5) is 0 Å². The molecular weight excluding hydrogens is 280 g/mol. The molecule has 1 aliphatic heterocycles. The van der Waals surface area contributed by atoms with Crippen LogP contribution in [0.2, 0.25) is 0 Å². The molecule has 122 valence electrons. The van der Waals surface area contributed by atoms with Gasteiger partial charge < -0.3 is 0 Å². The SMILES string of the molecule is C[C@@H]1CCN(Cc2ccccc2)C[C@@H]1N(C)Cc1ccccc1. The van der Waals surface area contributed by atoms with Crippen LogP contribution in [0.25, 0.3) is 0 Å². The molecule has 0 aromatic heterocycles. The van der Waals surface area contributed by atoms with Crippen LogP contribution >= 0.6 is 0 Å². The van der Waals surface area contributed by atoms with Crippen LogP contribution < -0.4 is 0 Å². The van der Waals surface area contributed by atoms with Gasteiger partial charge in [-0.05, 0) is 37.1 Å². The van der Waals surface area contributed by atoms with Gasteiger partial charge in [-0.1, -0.05) is 67.6 Å². The molecule has 0 radical (unpaired) electrons. The van der Waals surface area contributed by atoms with Gasteiger partial charge in [-0.25, -0.2) is 0 Å². The van der Waals surface area contributed by atoms with Crippen LogP contribution in [0, 0.1) is 5.92 Å². The minimum atomic E-state index is 0.632. The van der Waals surface area contributed by atoms with Crippen molar-refractivity contribution < 1.29 is 0 Å². The fourth-order valence-corrected chi connectivity index (χ4v) is 3.66. The maximum atomic E-state index is 2.61. The summed E-state index contributed by atoms with van der Waals surface area (Å²) in [5, 5.41) is 0. The first-order valence-corrected chi connectivity index (χ1v) is 8.73. The first-order valence-electron chi connectivity index (χ1n) is 8.73. The molecule has 2 heteroatoms. The van der Waals surface area contributed by atoms with E-state index in [-0.39, 0.29) is 0 Å². The van der Waals surface area contributed by atoms with Gasteiger partial charge in [0, 0.05) is 25.7 Å². The van der Waals surface area contributed by atoms with Crippen molar-refractivity contribution in [3.05, 3.63) is 71.8 Å². The summed E-state index contributed by atoms with van der Waals surface area (Å²) < 4.78 is 0. The summed E-state index contributed by atoms with van der Waals surface area (Å²) in [6, 6.07) is 22.3. The standard InChI is InChI=1S/C21H28N2/c1-18-13-14-23(16-20-11-7-4-8-12-20)17-21(18)22(2)15-19-9-5-3-6-10-19/h3-12,18,21H,13-17H2,1-2H3/t18-,21+/m1/s1. The van der Waals surface area contributed by atoms with Crippen LogP contribution in [0.5, 0.6) is 0 Å². The van der Waals surface area contributed by atoms with Crippen molar-refractivity contribution in [2.24, 2.45) is 5.92 Å².